The number of benzene rings is 2. The van der Waals surface area contributed by atoms with Gasteiger partial charge < -0.3 is 10.1 Å². The van der Waals surface area contributed by atoms with Crippen LogP contribution in [-0.2, 0) is 0 Å². The first kappa shape index (κ1) is 16.3. The number of fused-ring (bicyclic) bond motifs is 1. The molecule has 24 heavy (non-hydrogen) atoms. The van der Waals surface area contributed by atoms with Gasteiger partial charge in [-0.25, -0.2) is 5.01 Å². The summed E-state index contributed by atoms with van der Waals surface area (Å²) in [4.78, 5) is 15.8. The summed E-state index contributed by atoms with van der Waals surface area (Å²) in [7, 11) is 1.56. The average molecular weight is 386 g/mol. The number of aromatic hydroxyl groups is 1. The van der Waals surface area contributed by atoms with Gasteiger partial charge in [-0.3, -0.25) is 4.79 Å². The third-order valence-electron chi connectivity index (χ3n) is 3.70. The van der Waals surface area contributed by atoms with Crippen molar-refractivity contribution in [2.45, 2.75) is 6.92 Å². The Hall–Kier alpha value is -2.60. The van der Waals surface area contributed by atoms with Crippen LogP contribution in [0.2, 0.25) is 0 Å². The van der Waals surface area contributed by atoms with Crippen LogP contribution in [0.4, 0.5) is 0 Å². The van der Waals surface area contributed by atoms with E-state index < -0.39 is 0 Å². The minimum Gasteiger partial charge on any atom is -0.507 e. The number of hydrazone groups is 1. The number of H-pyrrole nitrogens is 1. The number of nitrogens with zero attached hydrogens (tertiary/aromatic N) is 2. The Morgan fingerprint density at radius 2 is 1.96 bits per heavy atom. The van der Waals surface area contributed by atoms with Gasteiger partial charge in [0.15, 0.2) is 0 Å². The number of rotatable bonds is 3. The van der Waals surface area contributed by atoms with E-state index in [1.54, 1.807) is 19.2 Å². The van der Waals surface area contributed by atoms with E-state index in [2.05, 4.69) is 26.0 Å². The van der Waals surface area contributed by atoms with Crippen molar-refractivity contribution in [2.75, 3.05) is 7.05 Å². The number of halogens is 1. The second-order valence-corrected chi connectivity index (χ2v) is 6.36. The summed E-state index contributed by atoms with van der Waals surface area (Å²) in [6.07, 6.45) is 0. The summed E-state index contributed by atoms with van der Waals surface area (Å²) in [5, 5.41) is 16.5. The Bertz CT molecular complexity index is 913. The first-order valence-electron chi connectivity index (χ1n) is 7.35. The van der Waals surface area contributed by atoms with Gasteiger partial charge in [-0.1, -0.05) is 34.1 Å². The van der Waals surface area contributed by atoms with Crippen LogP contribution in [0, 0.1) is 0 Å². The average Bonchev–Trinajstić information content (AvgIpc) is 3.00. The molecule has 0 unspecified atom stereocenters. The van der Waals surface area contributed by atoms with E-state index in [-0.39, 0.29) is 17.2 Å². The Kier molecular flexibility index (Phi) is 4.40. The van der Waals surface area contributed by atoms with E-state index in [1.165, 1.54) is 11.1 Å². The molecule has 122 valence electrons. The van der Waals surface area contributed by atoms with Gasteiger partial charge in [0, 0.05) is 22.4 Å². The summed E-state index contributed by atoms with van der Waals surface area (Å²) in [5.41, 5.74) is 2.73. The number of para-hydroxylation sites is 1. The minimum atomic E-state index is -0.385. The van der Waals surface area contributed by atoms with E-state index in [9.17, 15) is 9.90 Å². The lowest BCUT2D eigenvalue weighted by atomic mass is 10.2. The van der Waals surface area contributed by atoms with Crippen molar-refractivity contribution in [3.05, 3.63) is 64.3 Å². The van der Waals surface area contributed by atoms with Gasteiger partial charge in [0.05, 0.1) is 17.0 Å². The number of aromatic nitrogens is 1. The SMILES string of the molecule is CC(=NN(C)C(=O)c1cc(Br)ccc1O)c1cc2ccccc2[nH]1. The van der Waals surface area contributed by atoms with Gasteiger partial charge in [-0.2, -0.15) is 5.10 Å². The predicted octanol–water partition coefficient (Wildman–Crippen LogP) is 4.13. The number of carbonyl (C=O) groups excluding carboxylic acids is 1. The number of hydrogen-bond donors (Lipinski definition) is 2. The summed E-state index contributed by atoms with van der Waals surface area (Å²) in [6, 6.07) is 14.6. The second-order valence-electron chi connectivity index (χ2n) is 5.45. The first-order valence-corrected chi connectivity index (χ1v) is 8.15. The molecule has 1 heterocycles. The third kappa shape index (κ3) is 3.19. The van der Waals surface area contributed by atoms with Crippen LogP contribution < -0.4 is 0 Å². The molecule has 0 spiro atoms. The zero-order valence-electron chi connectivity index (χ0n) is 13.2. The maximum Gasteiger partial charge on any atom is 0.277 e. The molecule has 0 saturated heterocycles. The van der Waals surface area contributed by atoms with Crippen molar-refractivity contribution in [1.29, 1.82) is 0 Å². The fraction of sp³-hybridized carbons (Fsp3) is 0.111. The molecule has 0 aliphatic carbocycles. The molecule has 1 amide bonds. The van der Waals surface area contributed by atoms with Crippen molar-refractivity contribution in [1.82, 2.24) is 9.99 Å². The number of hydrogen-bond acceptors (Lipinski definition) is 3. The number of amides is 1. The summed E-state index contributed by atoms with van der Waals surface area (Å²) >= 11 is 3.30. The van der Waals surface area contributed by atoms with Crippen LogP contribution in [0.5, 0.6) is 5.75 Å². The molecule has 3 rings (SSSR count). The molecule has 6 heteroatoms. The van der Waals surface area contributed by atoms with Gasteiger partial charge in [0.25, 0.3) is 5.91 Å². The maximum absolute atomic E-state index is 12.5. The molecular weight excluding hydrogens is 370 g/mol. The van der Waals surface area contributed by atoms with Crippen molar-refractivity contribution in [3.8, 4) is 5.75 Å². The highest BCUT2D eigenvalue weighted by atomic mass is 79.9. The molecule has 0 bridgehead atoms. The Morgan fingerprint density at radius 1 is 1.21 bits per heavy atom. The van der Waals surface area contributed by atoms with Crippen molar-refractivity contribution in [2.24, 2.45) is 5.10 Å². The first-order chi connectivity index (χ1) is 11.5. The Balaban J connectivity index is 1.88. The highest BCUT2D eigenvalue weighted by molar-refractivity contribution is 9.10. The monoisotopic (exact) mass is 385 g/mol. The zero-order chi connectivity index (χ0) is 17.3. The predicted molar refractivity (Wildman–Crippen MR) is 98.4 cm³/mol. The fourth-order valence-corrected chi connectivity index (χ4v) is 2.81. The van der Waals surface area contributed by atoms with Crippen LogP contribution in [0.3, 0.4) is 0 Å². The lowest BCUT2D eigenvalue weighted by Crippen LogP contribution is -2.23. The fourth-order valence-electron chi connectivity index (χ4n) is 2.45. The van der Waals surface area contributed by atoms with Gasteiger partial charge >= 0.3 is 0 Å². The molecule has 0 aliphatic heterocycles. The van der Waals surface area contributed by atoms with Crippen LogP contribution in [0.25, 0.3) is 10.9 Å². The number of phenols is 1. The topological polar surface area (TPSA) is 68.7 Å². The zero-order valence-corrected chi connectivity index (χ0v) is 14.8. The molecule has 0 radical (unpaired) electrons. The summed E-state index contributed by atoms with van der Waals surface area (Å²) in [5.74, 6) is -0.460. The lowest BCUT2D eigenvalue weighted by molar-refractivity contribution is 0.0796. The summed E-state index contributed by atoms with van der Waals surface area (Å²) in [6.45, 7) is 1.83. The smallest absolute Gasteiger partial charge is 0.277 e. The van der Waals surface area contributed by atoms with Crippen LogP contribution >= 0.6 is 15.9 Å². The van der Waals surface area contributed by atoms with Crippen LogP contribution in [0.1, 0.15) is 23.0 Å². The second kappa shape index (κ2) is 6.49. The highest BCUT2D eigenvalue weighted by Crippen LogP contribution is 2.23. The standard InChI is InChI=1S/C18H16BrN3O2/c1-11(16-9-12-5-3-4-6-15(12)20-16)21-22(2)18(24)14-10-13(19)7-8-17(14)23/h3-10,20,23H,1-2H3. The molecule has 0 saturated carbocycles. The number of nitrogens with one attached hydrogen (secondary N) is 1. The van der Waals surface area contributed by atoms with E-state index >= 15 is 0 Å². The number of phenolic OH excluding ortho intramolecular Hbond substituents is 1. The van der Waals surface area contributed by atoms with E-state index in [1.807, 2.05) is 37.3 Å². The van der Waals surface area contributed by atoms with Crippen molar-refractivity contribution >= 4 is 38.5 Å². The maximum atomic E-state index is 12.5. The molecule has 2 N–H and O–H groups in total. The normalized spacial score (nSPS) is 11.7. The Labute approximate surface area is 147 Å². The number of carbonyl (C=O) groups is 1. The lowest BCUT2D eigenvalue weighted by Gasteiger charge is -2.13. The molecule has 0 atom stereocenters. The molecule has 1 aromatic heterocycles. The number of aromatic amines is 1. The molecule has 2 aromatic carbocycles. The highest BCUT2D eigenvalue weighted by Gasteiger charge is 2.16. The minimum absolute atomic E-state index is 0.0754. The summed E-state index contributed by atoms with van der Waals surface area (Å²) < 4.78 is 0.716. The quantitative estimate of drug-likeness (QED) is 0.525. The van der Waals surface area contributed by atoms with E-state index in [0.29, 0.717) is 10.2 Å². The molecular formula is C18H16BrN3O2. The van der Waals surface area contributed by atoms with Crippen LogP contribution in [-0.4, -0.2) is 33.8 Å². The van der Waals surface area contributed by atoms with Crippen LogP contribution in [0.15, 0.2) is 58.1 Å². The molecule has 0 fully saturated rings. The van der Waals surface area contributed by atoms with Crippen molar-refractivity contribution < 1.29 is 9.90 Å². The molecule has 0 aliphatic rings. The van der Waals surface area contributed by atoms with Gasteiger partial charge in [-0.05, 0) is 37.3 Å². The van der Waals surface area contributed by atoms with Gasteiger partial charge in [-0.15, -0.1) is 0 Å². The largest absolute Gasteiger partial charge is 0.507 e. The van der Waals surface area contributed by atoms with Gasteiger partial charge in [0.2, 0.25) is 0 Å². The van der Waals surface area contributed by atoms with E-state index in [4.69, 9.17) is 0 Å². The van der Waals surface area contributed by atoms with E-state index in [0.717, 1.165) is 16.6 Å². The molecule has 3 aromatic rings. The van der Waals surface area contributed by atoms with Gasteiger partial charge in [0.1, 0.15) is 5.75 Å². The Morgan fingerprint density at radius 3 is 2.71 bits per heavy atom. The third-order valence-corrected chi connectivity index (χ3v) is 4.20. The van der Waals surface area contributed by atoms with Crippen molar-refractivity contribution in [3.63, 3.8) is 0 Å². The molecule has 5 nitrogen and oxygen atoms in total.